The summed E-state index contributed by atoms with van der Waals surface area (Å²) in [4.78, 5) is 12.0. The van der Waals surface area contributed by atoms with Crippen molar-refractivity contribution in [1.82, 2.24) is 9.62 Å². The molecule has 1 aromatic rings. The molecule has 1 aliphatic heterocycles. The summed E-state index contributed by atoms with van der Waals surface area (Å²) in [7, 11) is -3.18. The van der Waals surface area contributed by atoms with Crippen molar-refractivity contribution >= 4 is 15.9 Å². The zero-order valence-electron chi connectivity index (χ0n) is 10.9. The summed E-state index contributed by atoms with van der Waals surface area (Å²) >= 11 is 0. The molecule has 1 amide bonds. The van der Waals surface area contributed by atoms with Crippen molar-refractivity contribution in [3.63, 3.8) is 0 Å². The quantitative estimate of drug-likeness (QED) is 0.893. The van der Waals surface area contributed by atoms with Crippen LogP contribution in [0, 0.1) is 0 Å². The Hall–Kier alpha value is -1.40. The van der Waals surface area contributed by atoms with Crippen LogP contribution in [0.4, 0.5) is 0 Å². The number of carbonyl (C=O) groups excluding carboxylic acids is 1. The molecule has 6 heteroatoms. The number of sulfonamides is 1. The van der Waals surface area contributed by atoms with Gasteiger partial charge in [0, 0.05) is 24.7 Å². The lowest BCUT2D eigenvalue weighted by Crippen LogP contribution is -2.49. The van der Waals surface area contributed by atoms with Crippen molar-refractivity contribution < 1.29 is 13.2 Å². The molecule has 0 radical (unpaired) electrons. The smallest absolute Gasteiger partial charge is 0.251 e. The predicted molar refractivity (Wildman–Crippen MR) is 73.3 cm³/mol. The molecule has 0 aliphatic carbocycles. The Balaban J connectivity index is 1.98. The van der Waals surface area contributed by atoms with Crippen LogP contribution >= 0.6 is 0 Å². The van der Waals surface area contributed by atoms with Crippen molar-refractivity contribution in [2.75, 3.05) is 19.3 Å². The van der Waals surface area contributed by atoms with Crippen LogP contribution in [0.25, 0.3) is 0 Å². The summed E-state index contributed by atoms with van der Waals surface area (Å²) in [6.07, 6.45) is 2.78. The number of nitrogens with zero attached hydrogens (tertiary/aromatic N) is 1. The highest BCUT2D eigenvalue weighted by Crippen LogP contribution is 2.13. The second-order valence-corrected chi connectivity index (χ2v) is 6.78. The normalized spacial score (nSPS) is 21.0. The molecule has 1 aliphatic rings. The Kier molecular flexibility index (Phi) is 4.21. The summed E-state index contributed by atoms with van der Waals surface area (Å²) in [6.45, 7) is 0.897. The minimum Gasteiger partial charge on any atom is -0.348 e. The van der Waals surface area contributed by atoms with Gasteiger partial charge in [-0.15, -0.1) is 0 Å². The topological polar surface area (TPSA) is 66.5 Å². The van der Waals surface area contributed by atoms with E-state index in [9.17, 15) is 13.2 Å². The minimum atomic E-state index is -3.18. The van der Waals surface area contributed by atoms with E-state index in [-0.39, 0.29) is 11.9 Å². The third-order valence-corrected chi connectivity index (χ3v) is 4.49. The van der Waals surface area contributed by atoms with E-state index in [2.05, 4.69) is 5.32 Å². The molecule has 1 atom stereocenters. The fourth-order valence-electron chi connectivity index (χ4n) is 2.22. The van der Waals surface area contributed by atoms with Gasteiger partial charge < -0.3 is 5.32 Å². The molecule has 2 rings (SSSR count). The first kappa shape index (κ1) is 14.0. The van der Waals surface area contributed by atoms with Crippen molar-refractivity contribution in [1.29, 1.82) is 0 Å². The number of rotatable bonds is 3. The van der Waals surface area contributed by atoms with Crippen LogP contribution in [-0.2, 0) is 10.0 Å². The molecule has 1 saturated heterocycles. The maximum absolute atomic E-state index is 12.0. The van der Waals surface area contributed by atoms with E-state index in [1.807, 2.05) is 6.07 Å². The van der Waals surface area contributed by atoms with Crippen LogP contribution in [0.2, 0.25) is 0 Å². The highest BCUT2D eigenvalue weighted by atomic mass is 32.2. The number of hydrogen-bond acceptors (Lipinski definition) is 3. The molecule has 0 aromatic heterocycles. The molecular weight excluding hydrogens is 264 g/mol. The number of carbonyl (C=O) groups is 1. The Morgan fingerprint density at radius 1 is 1.32 bits per heavy atom. The van der Waals surface area contributed by atoms with Crippen LogP contribution in [0.15, 0.2) is 30.3 Å². The largest absolute Gasteiger partial charge is 0.348 e. The average Bonchev–Trinajstić information content (AvgIpc) is 2.39. The van der Waals surface area contributed by atoms with E-state index in [4.69, 9.17) is 0 Å². The fourth-order valence-corrected chi connectivity index (χ4v) is 3.13. The minimum absolute atomic E-state index is 0.115. The predicted octanol–water partition coefficient (Wildman–Crippen LogP) is 0.840. The van der Waals surface area contributed by atoms with Gasteiger partial charge in [-0.2, -0.15) is 0 Å². The molecule has 104 valence electrons. The van der Waals surface area contributed by atoms with E-state index < -0.39 is 10.0 Å². The van der Waals surface area contributed by atoms with E-state index >= 15 is 0 Å². The summed E-state index contributed by atoms with van der Waals surface area (Å²) in [5, 5.41) is 2.89. The summed E-state index contributed by atoms with van der Waals surface area (Å²) in [5.74, 6) is -0.152. The van der Waals surface area contributed by atoms with E-state index in [0.717, 1.165) is 12.8 Å². The third kappa shape index (κ3) is 3.78. The highest BCUT2D eigenvalue weighted by Gasteiger charge is 2.26. The molecule has 0 saturated carbocycles. The lowest BCUT2D eigenvalue weighted by molar-refractivity contribution is 0.0921. The Morgan fingerprint density at radius 2 is 2.00 bits per heavy atom. The van der Waals surface area contributed by atoms with Gasteiger partial charge in [0.2, 0.25) is 10.0 Å². The Bertz CT molecular complexity index is 542. The maximum Gasteiger partial charge on any atom is 0.251 e. The number of benzene rings is 1. The van der Waals surface area contributed by atoms with Gasteiger partial charge in [0.05, 0.1) is 6.26 Å². The van der Waals surface area contributed by atoms with Gasteiger partial charge in [-0.1, -0.05) is 18.2 Å². The standard InChI is InChI=1S/C13H18N2O3S/c1-19(17,18)15-9-5-8-12(10-15)14-13(16)11-6-3-2-4-7-11/h2-4,6-7,12H,5,8-10H2,1H3,(H,14,16). The maximum atomic E-state index is 12.0. The van der Waals surface area contributed by atoms with Crippen molar-refractivity contribution in [3.8, 4) is 0 Å². The van der Waals surface area contributed by atoms with Crippen molar-refractivity contribution in [2.24, 2.45) is 0 Å². The highest BCUT2D eigenvalue weighted by molar-refractivity contribution is 7.88. The average molecular weight is 282 g/mol. The number of nitrogens with one attached hydrogen (secondary N) is 1. The zero-order chi connectivity index (χ0) is 13.9. The summed E-state index contributed by atoms with van der Waals surface area (Å²) in [6, 6.07) is 8.83. The molecule has 0 bridgehead atoms. The van der Waals surface area contributed by atoms with Gasteiger partial charge in [-0.05, 0) is 25.0 Å². The molecule has 1 unspecified atom stereocenters. The van der Waals surface area contributed by atoms with Crippen LogP contribution in [0.3, 0.4) is 0 Å². The van der Waals surface area contributed by atoms with Crippen LogP contribution in [0.5, 0.6) is 0 Å². The van der Waals surface area contributed by atoms with E-state index in [1.165, 1.54) is 10.6 Å². The second-order valence-electron chi connectivity index (χ2n) is 4.80. The van der Waals surface area contributed by atoms with Gasteiger partial charge in [0.15, 0.2) is 0 Å². The molecule has 1 N–H and O–H groups in total. The van der Waals surface area contributed by atoms with Crippen molar-refractivity contribution in [2.45, 2.75) is 18.9 Å². The lowest BCUT2D eigenvalue weighted by atomic mass is 10.1. The lowest BCUT2D eigenvalue weighted by Gasteiger charge is -2.31. The van der Waals surface area contributed by atoms with Gasteiger partial charge in [-0.3, -0.25) is 4.79 Å². The zero-order valence-corrected chi connectivity index (χ0v) is 11.7. The third-order valence-electron chi connectivity index (χ3n) is 3.22. The first-order valence-corrected chi connectivity index (χ1v) is 8.12. The first-order valence-electron chi connectivity index (χ1n) is 6.28. The van der Waals surface area contributed by atoms with E-state index in [0.29, 0.717) is 18.7 Å². The van der Waals surface area contributed by atoms with Gasteiger partial charge in [-0.25, -0.2) is 12.7 Å². The second kappa shape index (κ2) is 5.71. The van der Waals surface area contributed by atoms with Gasteiger partial charge in [0.25, 0.3) is 5.91 Å². The van der Waals surface area contributed by atoms with Crippen LogP contribution in [-0.4, -0.2) is 44.0 Å². The SMILES string of the molecule is CS(=O)(=O)N1CCCC(NC(=O)c2ccccc2)C1. The Morgan fingerprint density at radius 3 is 2.63 bits per heavy atom. The van der Waals surface area contributed by atoms with Crippen LogP contribution < -0.4 is 5.32 Å². The molecule has 19 heavy (non-hydrogen) atoms. The molecule has 1 fully saturated rings. The summed E-state index contributed by atoms with van der Waals surface area (Å²) < 4.78 is 24.4. The molecule has 5 nitrogen and oxygen atoms in total. The molecule has 0 spiro atoms. The molecule has 1 aromatic carbocycles. The van der Waals surface area contributed by atoms with Gasteiger partial charge >= 0.3 is 0 Å². The molecular formula is C13H18N2O3S. The number of hydrogen-bond donors (Lipinski definition) is 1. The molecule has 1 heterocycles. The Labute approximate surface area is 113 Å². The van der Waals surface area contributed by atoms with Crippen LogP contribution in [0.1, 0.15) is 23.2 Å². The van der Waals surface area contributed by atoms with Crippen molar-refractivity contribution in [3.05, 3.63) is 35.9 Å². The number of amides is 1. The number of piperidine rings is 1. The fraction of sp³-hybridized carbons (Fsp3) is 0.462. The van der Waals surface area contributed by atoms with Gasteiger partial charge in [0.1, 0.15) is 0 Å². The summed E-state index contributed by atoms with van der Waals surface area (Å²) in [5.41, 5.74) is 0.596. The van der Waals surface area contributed by atoms with E-state index in [1.54, 1.807) is 24.3 Å². The monoisotopic (exact) mass is 282 g/mol. The first-order chi connectivity index (χ1) is 8.97.